The Kier molecular flexibility index (Phi) is 9.98. The SMILES string of the molecule is CCOc1ccc(C(=O)NCCc2ccc(S(=O)(=O)NC(=O)c3ccc(OC(=O)OC(C)C)nc3)cc2)cc1. The molecule has 0 saturated carbocycles. The van der Waals surface area contributed by atoms with Gasteiger partial charge in [-0.15, -0.1) is 0 Å². The summed E-state index contributed by atoms with van der Waals surface area (Å²) in [5.74, 6) is -0.555. The number of hydrogen-bond donors (Lipinski definition) is 2. The van der Waals surface area contributed by atoms with Crippen molar-refractivity contribution in [3.8, 4) is 11.6 Å². The van der Waals surface area contributed by atoms with Gasteiger partial charge in [-0.2, -0.15) is 0 Å². The summed E-state index contributed by atoms with van der Waals surface area (Å²) >= 11 is 0. The molecule has 3 rings (SSSR count). The fraction of sp³-hybridized carbons (Fsp3) is 0.259. The molecule has 12 heteroatoms. The molecule has 2 N–H and O–H groups in total. The minimum Gasteiger partial charge on any atom is -0.494 e. The van der Waals surface area contributed by atoms with Gasteiger partial charge in [-0.1, -0.05) is 12.1 Å². The molecule has 0 saturated heterocycles. The summed E-state index contributed by atoms with van der Waals surface area (Å²) in [5.41, 5.74) is 1.24. The zero-order valence-corrected chi connectivity index (χ0v) is 22.5. The van der Waals surface area contributed by atoms with Crippen LogP contribution in [0.2, 0.25) is 0 Å². The van der Waals surface area contributed by atoms with Crippen LogP contribution in [0.15, 0.2) is 71.8 Å². The van der Waals surface area contributed by atoms with Crippen LogP contribution in [0, 0.1) is 0 Å². The molecule has 206 valence electrons. The highest BCUT2D eigenvalue weighted by atomic mass is 32.2. The monoisotopic (exact) mass is 555 g/mol. The number of ether oxygens (including phenoxy) is 3. The minimum atomic E-state index is -4.16. The Hall–Kier alpha value is -4.45. The number of sulfonamides is 1. The van der Waals surface area contributed by atoms with Crippen molar-refractivity contribution in [1.29, 1.82) is 0 Å². The van der Waals surface area contributed by atoms with Gasteiger partial charge in [0.1, 0.15) is 5.75 Å². The van der Waals surface area contributed by atoms with Crippen molar-refractivity contribution in [1.82, 2.24) is 15.0 Å². The molecular formula is C27H29N3O8S. The van der Waals surface area contributed by atoms with Gasteiger partial charge in [0.2, 0.25) is 5.88 Å². The highest BCUT2D eigenvalue weighted by Crippen LogP contribution is 2.14. The number of nitrogens with zero attached hydrogens (tertiary/aromatic N) is 1. The summed E-state index contributed by atoms with van der Waals surface area (Å²) in [6, 6.07) is 15.3. The van der Waals surface area contributed by atoms with Crippen molar-refractivity contribution >= 4 is 28.0 Å². The average molecular weight is 556 g/mol. The molecule has 1 aromatic heterocycles. The van der Waals surface area contributed by atoms with Gasteiger partial charge in [0, 0.05) is 24.4 Å². The van der Waals surface area contributed by atoms with Gasteiger partial charge in [0.05, 0.1) is 23.2 Å². The molecule has 2 aromatic carbocycles. The lowest BCUT2D eigenvalue weighted by Gasteiger charge is -2.10. The number of rotatable bonds is 11. The van der Waals surface area contributed by atoms with Crippen molar-refractivity contribution in [2.75, 3.05) is 13.2 Å². The summed E-state index contributed by atoms with van der Waals surface area (Å²) < 4.78 is 42.4. The van der Waals surface area contributed by atoms with Gasteiger partial charge in [-0.25, -0.2) is 22.9 Å². The van der Waals surface area contributed by atoms with Crippen LogP contribution < -0.4 is 19.5 Å². The number of amides is 2. The minimum absolute atomic E-state index is 0.0527. The molecule has 0 bridgehead atoms. The van der Waals surface area contributed by atoms with Crippen LogP contribution in [0.1, 0.15) is 47.1 Å². The molecule has 0 aliphatic carbocycles. The van der Waals surface area contributed by atoms with E-state index >= 15 is 0 Å². The first-order valence-corrected chi connectivity index (χ1v) is 13.6. The maximum Gasteiger partial charge on any atom is 0.515 e. The topological polar surface area (TPSA) is 150 Å². The van der Waals surface area contributed by atoms with Crippen LogP contribution in [0.5, 0.6) is 11.6 Å². The predicted molar refractivity (Wildman–Crippen MR) is 141 cm³/mol. The molecule has 39 heavy (non-hydrogen) atoms. The quantitative estimate of drug-likeness (QED) is 0.339. The van der Waals surface area contributed by atoms with Crippen LogP contribution in [0.3, 0.4) is 0 Å². The largest absolute Gasteiger partial charge is 0.515 e. The second-order valence-electron chi connectivity index (χ2n) is 8.45. The van der Waals surface area contributed by atoms with Crippen LogP contribution >= 0.6 is 0 Å². The van der Waals surface area contributed by atoms with E-state index in [2.05, 4.69) is 10.3 Å². The van der Waals surface area contributed by atoms with Crippen LogP contribution in [0.25, 0.3) is 0 Å². The highest BCUT2D eigenvalue weighted by molar-refractivity contribution is 7.90. The van der Waals surface area contributed by atoms with E-state index in [-0.39, 0.29) is 28.4 Å². The van der Waals surface area contributed by atoms with E-state index in [0.717, 1.165) is 11.8 Å². The standard InChI is InChI=1S/C27H29N3O8S/c1-4-36-22-10-7-20(8-11-22)25(31)28-16-15-19-5-12-23(13-6-19)39(34,35)30-26(32)21-9-14-24(29-17-21)38-27(33)37-18(2)3/h5-14,17-18H,4,15-16H2,1-3H3,(H,28,31)(H,30,32). The zero-order valence-electron chi connectivity index (χ0n) is 21.7. The summed E-state index contributed by atoms with van der Waals surface area (Å²) in [6.07, 6.45) is 0.224. The van der Waals surface area contributed by atoms with E-state index in [1.54, 1.807) is 50.2 Å². The molecule has 0 atom stereocenters. The van der Waals surface area contributed by atoms with Gasteiger partial charge in [-0.05, 0) is 75.2 Å². The van der Waals surface area contributed by atoms with E-state index in [4.69, 9.17) is 14.2 Å². The van der Waals surface area contributed by atoms with E-state index in [1.165, 1.54) is 24.3 Å². The first kappa shape index (κ1) is 29.1. The third kappa shape index (κ3) is 8.82. The van der Waals surface area contributed by atoms with Gasteiger partial charge in [-0.3, -0.25) is 9.59 Å². The van der Waals surface area contributed by atoms with Crippen molar-refractivity contribution in [2.45, 2.75) is 38.2 Å². The lowest BCUT2D eigenvalue weighted by molar-refractivity contribution is 0.0715. The van der Waals surface area contributed by atoms with Crippen LogP contribution in [-0.4, -0.2) is 50.6 Å². The molecule has 0 fully saturated rings. The second kappa shape index (κ2) is 13.4. The van der Waals surface area contributed by atoms with Crippen molar-refractivity contribution in [3.63, 3.8) is 0 Å². The second-order valence-corrected chi connectivity index (χ2v) is 10.1. The maximum absolute atomic E-state index is 12.7. The van der Waals surface area contributed by atoms with E-state index in [1.807, 2.05) is 11.6 Å². The van der Waals surface area contributed by atoms with E-state index < -0.39 is 22.1 Å². The number of pyridine rings is 1. The molecule has 3 aromatic rings. The fourth-order valence-corrected chi connectivity index (χ4v) is 4.22. The third-order valence-electron chi connectivity index (χ3n) is 5.11. The molecule has 0 unspecified atom stereocenters. The lowest BCUT2D eigenvalue weighted by Crippen LogP contribution is -2.30. The van der Waals surface area contributed by atoms with Crippen LogP contribution in [-0.2, 0) is 21.2 Å². The van der Waals surface area contributed by atoms with Gasteiger partial charge < -0.3 is 19.5 Å². The predicted octanol–water partition coefficient (Wildman–Crippen LogP) is 3.50. The van der Waals surface area contributed by atoms with E-state index in [0.29, 0.717) is 30.9 Å². The Bertz CT molecular complexity index is 1390. The summed E-state index contributed by atoms with van der Waals surface area (Å²) in [6.45, 7) is 6.07. The number of carbonyl (C=O) groups excluding carboxylic acids is 3. The number of benzene rings is 2. The first-order chi connectivity index (χ1) is 18.6. The van der Waals surface area contributed by atoms with Gasteiger partial charge in [0.15, 0.2) is 0 Å². The molecule has 2 amide bonds. The average Bonchev–Trinajstić information content (AvgIpc) is 2.89. The third-order valence-corrected chi connectivity index (χ3v) is 6.45. The summed E-state index contributed by atoms with van der Waals surface area (Å²) in [7, 11) is -4.16. The Morgan fingerprint density at radius 1 is 0.897 bits per heavy atom. The Morgan fingerprint density at radius 2 is 1.56 bits per heavy atom. The summed E-state index contributed by atoms with van der Waals surface area (Å²) in [5, 5.41) is 2.81. The molecule has 0 spiro atoms. The van der Waals surface area contributed by atoms with E-state index in [9.17, 15) is 22.8 Å². The maximum atomic E-state index is 12.7. The normalized spacial score (nSPS) is 11.0. The smallest absolute Gasteiger partial charge is 0.494 e. The Balaban J connectivity index is 1.51. The number of nitrogens with one attached hydrogen (secondary N) is 2. The number of aromatic nitrogens is 1. The van der Waals surface area contributed by atoms with Crippen LogP contribution in [0.4, 0.5) is 4.79 Å². The lowest BCUT2D eigenvalue weighted by atomic mass is 10.1. The fourth-order valence-electron chi connectivity index (χ4n) is 3.24. The molecule has 1 heterocycles. The summed E-state index contributed by atoms with van der Waals surface area (Å²) in [4.78, 5) is 40.0. The van der Waals surface area contributed by atoms with Crippen molar-refractivity contribution < 1.29 is 37.0 Å². The molecule has 0 radical (unpaired) electrons. The Morgan fingerprint density at radius 3 is 2.15 bits per heavy atom. The Labute approximate surface area is 226 Å². The number of carbonyl (C=O) groups is 3. The first-order valence-electron chi connectivity index (χ1n) is 12.1. The van der Waals surface area contributed by atoms with Gasteiger partial charge in [0.25, 0.3) is 21.8 Å². The van der Waals surface area contributed by atoms with Crippen molar-refractivity contribution in [2.24, 2.45) is 0 Å². The zero-order chi connectivity index (χ0) is 28.4. The molecular weight excluding hydrogens is 526 g/mol. The molecule has 11 nitrogen and oxygen atoms in total. The van der Waals surface area contributed by atoms with Gasteiger partial charge >= 0.3 is 6.16 Å². The number of hydrogen-bond acceptors (Lipinski definition) is 9. The highest BCUT2D eigenvalue weighted by Gasteiger charge is 2.19. The van der Waals surface area contributed by atoms with Crippen molar-refractivity contribution in [3.05, 3.63) is 83.6 Å². The molecule has 0 aliphatic rings. The molecule has 0 aliphatic heterocycles.